The maximum Gasteiger partial charge on any atom is 0.410 e. The number of rotatable bonds is 8. The summed E-state index contributed by atoms with van der Waals surface area (Å²) in [5.74, 6) is -11.6. The molecule has 0 heterocycles. The van der Waals surface area contributed by atoms with E-state index in [0.717, 1.165) is 4.90 Å². The molecular formula is C30H35Cl3N4O9. The molecule has 2 saturated carbocycles. The second-order valence-electron chi connectivity index (χ2n) is 12.3. The van der Waals surface area contributed by atoms with Crippen LogP contribution in [-0.4, -0.2) is 112 Å². The highest BCUT2D eigenvalue weighted by molar-refractivity contribution is 6.67. The summed E-state index contributed by atoms with van der Waals surface area (Å²) in [5, 5.41) is 23.3. The zero-order valence-electron chi connectivity index (χ0n) is 25.6. The van der Waals surface area contributed by atoms with Crippen LogP contribution in [0.4, 0.5) is 10.5 Å². The third-order valence-corrected chi connectivity index (χ3v) is 9.25. The Labute approximate surface area is 280 Å². The van der Waals surface area contributed by atoms with Crippen molar-refractivity contribution in [3.8, 4) is 5.75 Å². The van der Waals surface area contributed by atoms with Gasteiger partial charge >= 0.3 is 6.09 Å². The Bertz CT molecular complexity index is 1530. The molecule has 6 atom stereocenters. The number of alkyl halides is 3. The zero-order valence-corrected chi connectivity index (χ0v) is 27.9. The number of phenolic OH excluding ortho intramolecular Hbond substituents is 1. The first-order valence-electron chi connectivity index (χ1n) is 14.3. The molecule has 0 aromatic heterocycles. The first kappa shape index (κ1) is 35.6. The molecule has 3 aliphatic carbocycles. The molecule has 1 aromatic rings. The average molecular weight is 702 g/mol. The number of ether oxygens (including phenoxy) is 1. The van der Waals surface area contributed by atoms with Crippen molar-refractivity contribution in [3.63, 3.8) is 0 Å². The Balaban J connectivity index is 1.81. The monoisotopic (exact) mass is 700 g/mol. The minimum atomic E-state index is -2.85. The Kier molecular flexibility index (Phi) is 9.88. The molecule has 0 spiro atoms. The third-order valence-electron chi connectivity index (χ3n) is 8.93. The van der Waals surface area contributed by atoms with Gasteiger partial charge in [-0.3, -0.25) is 28.9 Å². The van der Waals surface area contributed by atoms with E-state index in [1.807, 2.05) is 0 Å². The number of aliphatic hydroxyl groups is 1. The fourth-order valence-corrected chi connectivity index (χ4v) is 7.19. The molecule has 0 radical (unpaired) electrons. The Hall–Kier alpha value is -3.23. The average Bonchev–Trinajstić information content (AvgIpc) is 2.93. The molecule has 0 saturated heterocycles. The summed E-state index contributed by atoms with van der Waals surface area (Å²) in [6.45, 7) is 2.73. The summed E-state index contributed by atoms with van der Waals surface area (Å²) in [6.07, 6.45) is 0.497. The second-order valence-corrected chi connectivity index (χ2v) is 14.8. The van der Waals surface area contributed by atoms with Gasteiger partial charge in [-0.25, -0.2) is 4.79 Å². The number of aromatic hydroxyl groups is 1. The molecule has 3 aliphatic rings. The van der Waals surface area contributed by atoms with Gasteiger partial charge < -0.3 is 30.5 Å². The molecule has 0 bridgehead atoms. The van der Waals surface area contributed by atoms with Gasteiger partial charge in [0.2, 0.25) is 9.70 Å². The number of nitrogens with zero attached hydrogens (tertiary/aromatic N) is 3. The van der Waals surface area contributed by atoms with Crippen LogP contribution in [0.2, 0.25) is 0 Å². The molecule has 16 heteroatoms. The van der Waals surface area contributed by atoms with E-state index < -0.39 is 86.6 Å². The van der Waals surface area contributed by atoms with Gasteiger partial charge in [-0.05, 0) is 44.5 Å². The molecule has 13 nitrogen and oxygen atoms in total. The van der Waals surface area contributed by atoms with E-state index >= 15 is 0 Å². The van der Waals surface area contributed by atoms with E-state index in [2.05, 4.69) is 6.58 Å². The number of primary amides is 1. The van der Waals surface area contributed by atoms with Crippen molar-refractivity contribution in [1.29, 1.82) is 0 Å². The number of phenols is 1. The van der Waals surface area contributed by atoms with Crippen molar-refractivity contribution in [3.05, 3.63) is 35.4 Å². The van der Waals surface area contributed by atoms with Crippen molar-refractivity contribution in [2.24, 2.45) is 29.4 Å². The number of hydrogen-bond donors (Lipinski definition) is 3. The largest absolute Gasteiger partial charge is 0.507 e. The SMILES string of the molecule is C=CCN(Cc1cc(N(C)C)c2c(c1O)C(=O)C1C(=O)[C@]3(O)C(=O)C(C(N)=O)C(=O)[C@@H](N(C)C)[C@@H]3C[C@@H]1C2)C(=O)OCC(Cl)(Cl)Cl. The molecule has 250 valence electrons. The van der Waals surface area contributed by atoms with E-state index in [1.54, 1.807) is 25.1 Å². The number of amides is 2. The topological polar surface area (TPSA) is 188 Å². The number of carbonyl (C=O) groups is 6. The molecule has 2 fully saturated rings. The van der Waals surface area contributed by atoms with E-state index in [0.29, 0.717) is 11.3 Å². The van der Waals surface area contributed by atoms with Gasteiger partial charge in [-0.2, -0.15) is 0 Å². The van der Waals surface area contributed by atoms with Crippen LogP contribution >= 0.6 is 34.8 Å². The number of Topliss-reactive ketones (excluding diaryl/α,β-unsaturated/α-hetero) is 4. The molecule has 46 heavy (non-hydrogen) atoms. The first-order chi connectivity index (χ1) is 21.3. The van der Waals surface area contributed by atoms with Crippen molar-refractivity contribution in [2.75, 3.05) is 46.2 Å². The lowest BCUT2D eigenvalue weighted by Crippen LogP contribution is -2.74. The fourth-order valence-electron chi connectivity index (χ4n) is 7.03. The lowest BCUT2D eigenvalue weighted by Gasteiger charge is -2.52. The summed E-state index contributed by atoms with van der Waals surface area (Å²) in [7, 11) is 6.45. The summed E-state index contributed by atoms with van der Waals surface area (Å²) < 4.78 is 3.20. The number of ketones is 4. The summed E-state index contributed by atoms with van der Waals surface area (Å²) in [4.78, 5) is 84.4. The highest BCUT2D eigenvalue weighted by Crippen LogP contribution is 2.52. The van der Waals surface area contributed by atoms with Crippen LogP contribution in [0.15, 0.2) is 18.7 Å². The number of nitrogens with two attached hydrogens (primary N) is 1. The highest BCUT2D eigenvalue weighted by Gasteiger charge is 2.69. The normalized spacial score (nSPS) is 27.5. The fraction of sp³-hybridized carbons (Fsp3) is 0.533. The Morgan fingerprint density at radius 2 is 1.78 bits per heavy atom. The predicted molar refractivity (Wildman–Crippen MR) is 168 cm³/mol. The molecule has 4 N–H and O–H groups in total. The minimum Gasteiger partial charge on any atom is -0.507 e. The second kappa shape index (κ2) is 12.8. The Morgan fingerprint density at radius 3 is 2.30 bits per heavy atom. The number of benzene rings is 1. The van der Waals surface area contributed by atoms with Crippen LogP contribution in [0.5, 0.6) is 5.75 Å². The Morgan fingerprint density at radius 1 is 1.15 bits per heavy atom. The smallest absolute Gasteiger partial charge is 0.410 e. The van der Waals surface area contributed by atoms with Gasteiger partial charge in [0.25, 0.3) is 0 Å². The van der Waals surface area contributed by atoms with Crippen LogP contribution in [0.1, 0.15) is 27.9 Å². The molecule has 2 unspecified atom stereocenters. The zero-order chi connectivity index (χ0) is 34.6. The lowest BCUT2D eigenvalue weighted by atomic mass is 9.52. The van der Waals surface area contributed by atoms with Crippen LogP contribution in [-0.2, 0) is 36.9 Å². The van der Waals surface area contributed by atoms with Gasteiger partial charge in [-0.1, -0.05) is 40.9 Å². The molecular weight excluding hydrogens is 667 g/mol. The number of likely N-dealkylation sites (N-methyl/N-ethyl adjacent to an activating group) is 1. The van der Waals surface area contributed by atoms with Crippen LogP contribution in [0, 0.1) is 23.7 Å². The first-order valence-corrected chi connectivity index (χ1v) is 15.4. The maximum absolute atomic E-state index is 14.2. The van der Waals surface area contributed by atoms with E-state index in [9.17, 15) is 39.0 Å². The number of carbonyl (C=O) groups excluding carboxylic acids is 6. The lowest BCUT2D eigenvalue weighted by molar-refractivity contribution is -0.181. The van der Waals surface area contributed by atoms with Crippen molar-refractivity contribution in [1.82, 2.24) is 9.80 Å². The molecule has 4 rings (SSSR count). The van der Waals surface area contributed by atoms with Crippen molar-refractivity contribution >= 4 is 75.6 Å². The van der Waals surface area contributed by atoms with Gasteiger partial charge in [0.15, 0.2) is 34.7 Å². The number of hydrogen-bond acceptors (Lipinski definition) is 11. The van der Waals surface area contributed by atoms with E-state index in [4.69, 9.17) is 45.3 Å². The van der Waals surface area contributed by atoms with Gasteiger partial charge in [0.05, 0.1) is 24.1 Å². The highest BCUT2D eigenvalue weighted by atomic mass is 35.6. The van der Waals surface area contributed by atoms with E-state index in [-0.39, 0.29) is 37.1 Å². The number of fused-ring (bicyclic) bond motifs is 3. The van der Waals surface area contributed by atoms with Crippen molar-refractivity contribution < 1.29 is 43.7 Å². The van der Waals surface area contributed by atoms with Crippen LogP contribution in [0.3, 0.4) is 0 Å². The number of halogens is 3. The van der Waals surface area contributed by atoms with E-state index in [1.165, 1.54) is 25.1 Å². The van der Waals surface area contributed by atoms with Gasteiger partial charge in [-0.15, -0.1) is 6.58 Å². The van der Waals surface area contributed by atoms with Crippen molar-refractivity contribution in [2.45, 2.75) is 34.8 Å². The van der Waals surface area contributed by atoms with Crippen LogP contribution in [0.25, 0.3) is 0 Å². The molecule has 2 amide bonds. The summed E-state index contributed by atoms with van der Waals surface area (Å²) in [6, 6.07) is 0.386. The third kappa shape index (κ3) is 5.99. The maximum atomic E-state index is 14.2. The number of anilines is 1. The summed E-state index contributed by atoms with van der Waals surface area (Å²) >= 11 is 17.1. The standard InChI is InChI=1S/C30H35Cl3N4O9/c1-6-7-37(28(44)46-12-29(31,32)33)11-14-10-17(35(2)3)15-8-13-9-16-21(36(4)5)24(40)20(27(34)43)26(42)30(16,45)25(41)18(13)23(39)19(15)22(14)38/h6,10,13,16,18,20-21,38,45H,1,7-9,11-12H2,2-5H3,(H2,34,43)/t13-,16-,18?,20?,21-,30-/m0/s1. The van der Waals surface area contributed by atoms with Gasteiger partial charge in [0, 0.05) is 37.8 Å². The predicted octanol–water partition coefficient (Wildman–Crippen LogP) is 1.43. The summed E-state index contributed by atoms with van der Waals surface area (Å²) in [5.41, 5.74) is 3.35. The minimum absolute atomic E-state index is 0.0486. The van der Waals surface area contributed by atoms with Gasteiger partial charge in [0.1, 0.15) is 12.4 Å². The van der Waals surface area contributed by atoms with Crippen LogP contribution < -0.4 is 10.6 Å². The molecule has 0 aliphatic heterocycles. The quantitative estimate of drug-likeness (QED) is 0.202. The molecule has 1 aromatic carbocycles.